The van der Waals surface area contributed by atoms with Gasteiger partial charge in [-0.15, -0.1) is 0 Å². The van der Waals surface area contributed by atoms with Crippen LogP contribution in [0, 0.1) is 34.0 Å². The molecule has 0 fully saturated rings. The van der Waals surface area contributed by atoms with Crippen LogP contribution in [-0.2, 0) is 105 Å². The maximum atomic E-state index is 13.4. The van der Waals surface area contributed by atoms with Crippen LogP contribution in [0.4, 0.5) is 0 Å². The van der Waals surface area contributed by atoms with Crippen molar-refractivity contribution in [2.24, 2.45) is 34.0 Å². The number of rotatable bonds is 66. The number of carbonyl (C=O) groups is 14. The average Bonchev–Trinajstić information content (AvgIpc) is 0.876. The van der Waals surface area contributed by atoms with E-state index in [0.717, 1.165) is 0 Å². The highest BCUT2D eigenvalue weighted by Gasteiger charge is 2.34. The maximum absolute atomic E-state index is 13.4. The van der Waals surface area contributed by atoms with E-state index < -0.39 is 155 Å². The third-order valence-corrected chi connectivity index (χ3v) is 16.6. The second-order valence-electron chi connectivity index (χ2n) is 32.0. The molecule has 698 valence electrons. The molecule has 0 rings (SSSR count). The summed E-state index contributed by atoms with van der Waals surface area (Å²) in [5.74, 6) is -9.45. The van der Waals surface area contributed by atoms with E-state index in [-0.39, 0.29) is 207 Å². The molecule has 0 aliphatic carbocycles. The van der Waals surface area contributed by atoms with E-state index in [1.54, 1.807) is 6.92 Å². The molecule has 19 N–H and O–H groups in total. The molecule has 4 unspecified atom stereocenters. The molecule has 0 saturated carbocycles. The number of hydrogen-bond acceptors (Lipinski definition) is 31. The highest BCUT2D eigenvalue weighted by atomic mass is 16.5. The number of Topliss-reactive ketones (excluding diaryl/α,β-unsaturated/α-hetero) is 4. The van der Waals surface area contributed by atoms with Crippen LogP contribution in [0.25, 0.3) is 0 Å². The van der Waals surface area contributed by atoms with E-state index in [1.165, 1.54) is 14.2 Å². The SMILES string of the molecule is [2H]COCC(CC(=O)CNC(=O)CCNC(=O)CCOCC(C)(C)C)C(=O)NC(CCC(=O)CC[C@H](O)[C@@H](O)[C@H](O)[C@H](O)CC)C(=O)NC[C@H](O)[C@@H](O)[C@H](O)[C@H](O)CO.[2H]COCC(CC(=O)CNC(=O)CCNC(=O)CCOCC(C)(C)C)C(=O)NCCOC.[2H]COCC(CC(=O)CNC(=O)CCNC(=O)CCOCC(C)(C)C)C(=O)NCCOC. The van der Waals surface area contributed by atoms with Crippen molar-refractivity contribution in [3.8, 4) is 0 Å². The molecule has 0 spiro atoms. The Morgan fingerprint density at radius 2 is 0.667 bits per heavy atom. The van der Waals surface area contributed by atoms with E-state index in [9.17, 15) is 108 Å². The van der Waals surface area contributed by atoms with Crippen molar-refractivity contribution in [1.29, 1.82) is 0 Å². The van der Waals surface area contributed by atoms with Gasteiger partial charge in [0.25, 0.3) is 0 Å². The van der Waals surface area contributed by atoms with E-state index in [4.69, 9.17) is 47.1 Å². The minimum atomic E-state index is -2.04. The van der Waals surface area contributed by atoms with E-state index in [0.29, 0.717) is 59.3 Å². The largest absolute Gasteiger partial charge is 0.394 e. The molecule has 0 bridgehead atoms. The first-order valence-electron chi connectivity index (χ1n) is 42.1. The highest BCUT2D eigenvalue weighted by molar-refractivity contribution is 5.94. The number of carbonyl (C=O) groups excluding carboxylic acids is 14. The van der Waals surface area contributed by atoms with Crippen LogP contribution in [0.3, 0.4) is 0 Å². The van der Waals surface area contributed by atoms with Crippen LogP contribution in [0.15, 0.2) is 0 Å². The van der Waals surface area contributed by atoms with Crippen molar-refractivity contribution in [3.05, 3.63) is 0 Å². The first-order valence-corrected chi connectivity index (χ1v) is 39.9. The maximum Gasteiger partial charge on any atom is 0.242 e. The quantitative estimate of drug-likeness (QED) is 0.0255. The molecule has 0 aliphatic rings. The summed E-state index contributed by atoms with van der Waals surface area (Å²) in [6, 6.07) is -1.55. The number of ketones is 4. The summed E-state index contributed by atoms with van der Waals surface area (Å²) in [6.07, 6.45) is -15.9. The number of ether oxygens (including phenoxy) is 8. The predicted octanol–water partition coefficient (Wildman–Crippen LogP) is -4.60. The molecule has 10 amide bonds. The summed E-state index contributed by atoms with van der Waals surface area (Å²) in [5, 5.41) is 114. The Morgan fingerprint density at radius 1 is 0.342 bits per heavy atom. The number of nitrogens with one attached hydrogen (secondary N) is 10. The van der Waals surface area contributed by atoms with Crippen molar-refractivity contribution in [3.63, 3.8) is 0 Å². The second kappa shape index (κ2) is 68.2. The zero-order valence-electron chi connectivity index (χ0n) is 75.3. The van der Waals surface area contributed by atoms with Crippen LogP contribution < -0.4 is 53.2 Å². The van der Waals surface area contributed by atoms with Gasteiger partial charge >= 0.3 is 0 Å². The standard InChI is InChI=1S/C37H68N4O17.2C21H39N3O7/c1-6-25(45)31(51)32(52)26(46)10-8-22(43)7-9-24(36(56)40-17-27(47)33(53)34(54)28(48)18-42)41-35(55)21(19-57-5)15-23(44)16-39-29(49)11-13-38-30(50)12-14-58-20-37(2,3)4;2*1-21(2,3)15-31-10-7-19(27)22-8-6-18(26)24-13-17(25)12-16(14-30-5)20(28)23-9-11-29-4/h21,24-28,31-34,42,45-48,51-54H,6-20H2,1-5H3,(H,38,50)(H,39,49)(H,40,56)(H,41,55);2*16H,6-15H2,1-5H3,(H,22,27)(H,23,28)(H,24,26)/t21?,24?,25-,26+,27+,28-,31-,32-,33-,34-;;/m1../s1/i3*5D. The fourth-order valence-corrected chi connectivity index (χ4v) is 9.87. The Bertz CT molecular complexity index is 2930. The zero-order chi connectivity index (χ0) is 94.1. The molecule has 0 aromatic heterocycles. The van der Waals surface area contributed by atoms with E-state index in [2.05, 4.69) is 53.2 Å². The number of methoxy groups -OCH3 is 5. The fraction of sp³-hybridized carbons (Fsp3) is 0.823. The number of aliphatic hydroxyl groups is 9. The van der Waals surface area contributed by atoms with Gasteiger partial charge in [-0.3, -0.25) is 67.1 Å². The van der Waals surface area contributed by atoms with Crippen LogP contribution in [0.5, 0.6) is 0 Å². The Hall–Kier alpha value is -7.30. The number of amides is 10. The summed E-state index contributed by atoms with van der Waals surface area (Å²) >= 11 is 0. The van der Waals surface area contributed by atoms with Crippen molar-refractivity contribution in [2.75, 3.05) is 174 Å². The lowest BCUT2D eigenvalue weighted by Gasteiger charge is -2.27. The highest BCUT2D eigenvalue weighted by Crippen LogP contribution is 2.18. The monoisotopic (exact) mass is 1730 g/mol. The normalized spacial score (nSPS) is 14.8. The first kappa shape index (κ1) is 111. The molecular weight excluding hydrogens is 1580 g/mol. The van der Waals surface area contributed by atoms with Crippen LogP contribution in [-0.4, -0.2) is 357 Å². The lowest BCUT2D eigenvalue weighted by molar-refractivity contribution is -0.135. The van der Waals surface area contributed by atoms with Crippen LogP contribution >= 0.6 is 0 Å². The Kier molecular flexibility index (Phi) is 62.9. The summed E-state index contributed by atoms with van der Waals surface area (Å²) in [6.45, 7) is 20.5. The molecule has 120 heavy (non-hydrogen) atoms. The van der Waals surface area contributed by atoms with Gasteiger partial charge < -0.3 is 137 Å². The molecule has 0 radical (unpaired) electrons. The summed E-state index contributed by atoms with van der Waals surface area (Å²) in [7, 11) is 1.77. The second-order valence-corrected chi connectivity index (χ2v) is 32.0. The molecule has 41 nitrogen and oxygen atoms in total. The van der Waals surface area contributed by atoms with Crippen LogP contribution in [0.1, 0.15) is 163 Å². The first-order chi connectivity index (χ1) is 57.7. The zero-order valence-corrected chi connectivity index (χ0v) is 72.3. The van der Waals surface area contributed by atoms with Crippen molar-refractivity contribution in [2.45, 2.75) is 214 Å². The molecular formula is C79H146N10O31. The summed E-state index contributed by atoms with van der Waals surface area (Å²) in [4.78, 5) is 172. The minimum absolute atomic E-state index is 0.0115. The molecule has 0 aromatic carbocycles. The van der Waals surface area contributed by atoms with Gasteiger partial charge in [0.2, 0.25) is 59.1 Å². The average molecular weight is 1740 g/mol. The minimum Gasteiger partial charge on any atom is -0.394 e. The van der Waals surface area contributed by atoms with Gasteiger partial charge in [0, 0.05) is 145 Å². The van der Waals surface area contributed by atoms with Gasteiger partial charge in [0.15, 0.2) is 17.3 Å². The van der Waals surface area contributed by atoms with Gasteiger partial charge in [-0.05, 0) is 35.5 Å². The lowest BCUT2D eigenvalue weighted by atomic mass is 9.96. The van der Waals surface area contributed by atoms with Gasteiger partial charge in [-0.25, -0.2) is 0 Å². The molecule has 0 aliphatic heterocycles. The number of hydrogen-bond donors (Lipinski definition) is 19. The summed E-state index contributed by atoms with van der Waals surface area (Å²) in [5.41, 5.74) is 0.0145. The molecule has 0 heterocycles. The van der Waals surface area contributed by atoms with Crippen LogP contribution in [0.2, 0.25) is 0 Å². The fourth-order valence-electron chi connectivity index (χ4n) is 9.87. The van der Waals surface area contributed by atoms with Crippen molar-refractivity contribution in [1.82, 2.24) is 53.2 Å². The molecule has 12 atom stereocenters. The van der Waals surface area contributed by atoms with Gasteiger partial charge in [-0.1, -0.05) is 69.2 Å². The van der Waals surface area contributed by atoms with Gasteiger partial charge in [-0.2, -0.15) is 0 Å². The Labute approximate surface area is 709 Å². The predicted molar refractivity (Wildman–Crippen MR) is 435 cm³/mol. The van der Waals surface area contributed by atoms with Crippen molar-refractivity contribution < 1.29 is 155 Å². The van der Waals surface area contributed by atoms with Gasteiger partial charge in [0.05, 0.1) is 139 Å². The van der Waals surface area contributed by atoms with E-state index in [1.807, 2.05) is 62.3 Å². The molecule has 0 aromatic rings. The third-order valence-electron chi connectivity index (χ3n) is 16.6. The topological polar surface area (TPSA) is 615 Å². The molecule has 41 heteroatoms. The number of aliphatic hydroxyl groups excluding tert-OH is 9. The summed E-state index contributed by atoms with van der Waals surface area (Å²) < 4.78 is 62.4. The smallest absolute Gasteiger partial charge is 0.242 e. The lowest BCUT2D eigenvalue weighted by Crippen LogP contribution is -2.53. The molecule has 0 saturated heterocycles. The van der Waals surface area contributed by atoms with Gasteiger partial charge in [0.1, 0.15) is 42.3 Å². The van der Waals surface area contributed by atoms with E-state index >= 15 is 0 Å². The Morgan fingerprint density at radius 3 is 1.00 bits per heavy atom. The third kappa shape index (κ3) is 64.5. The van der Waals surface area contributed by atoms with Crippen molar-refractivity contribution >= 4 is 82.2 Å². The Balaban J connectivity index is -0.00000191.